The van der Waals surface area contributed by atoms with Crippen molar-refractivity contribution in [2.45, 2.75) is 33.2 Å². The number of aromatic nitrogens is 1. The zero-order valence-electron chi connectivity index (χ0n) is 12.7. The van der Waals surface area contributed by atoms with Crippen molar-refractivity contribution in [3.8, 4) is 0 Å². The molecule has 0 fully saturated rings. The van der Waals surface area contributed by atoms with Gasteiger partial charge < -0.3 is 9.88 Å². The van der Waals surface area contributed by atoms with E-state index in [9.17, 15) is 9.18 Å². The summed E-state index contributed by atoms with van der Waals surface area (Å²) in [6, 6.07) is 8.36. The molecule has 0 saturated carbocycles. The fourth-order valence-corrected chi connectivity index (χ4v) is 2.30. The summed E-state index contributed by atoms with van der Waals surface area (Å²) in [7, 11) is 2.02. The average molecular weight is 288 g/mol. The van der Waals surface area contributed by atoms with Crippen LogP contribution in [0.25, 0.3) is 0 Å². The van der Waals surface area contributed by atoms with Crippen molar-refractivity contribution in [1.29, 1.82) is 0 Å². The normalized spacial score (nSPS) is 10.7. The highest BCUT2D eigenvalue weighted by atomic mass is 19.1. The van der Waals surface area contributed by atoms with Crippen molar-refractivity contribution < 1.29 is 9.18 Å². The van der Waals surface area contributed by atoms with Gasteiger partial charge in [-0.2, -0.15) is 0 Å². The second-order valence-corrected chi connectivity index (χ2v) is 5.36. The quantitative estimate of drug-likeness (QED) is 0.901. The Morgan fingerprint density at radius 3 is 2.48 bits per heavy atom. The van der Waals surface area contributed by atoms with Crippen molar-refractivity contribution in [1.82, 2.24) is 9.88 Å². The Morgan fingerprint density at radius 1 is 1.24 bits per heavy atom. The number of amides is 1. The topological polar surface area (TPSA) is 34.0 Å². The standard InChI is InChI=1S/C17H21FN2O/c1-12-10-15(13(2)20(12)3)11-19-17(21)9-6-14-4-7-16(18)8-5-14/h4-5,7-8,10H,6,9,11H2,1-3H3,(H,19,21). The zero-order chi connectivity index (χ0) is 15.4. The maximum atomic E-state index is 12.8. The van der Waals surface area contributed by atoms with E-state index >= 15 is 0 Å². The molecule has 21 heavy (non-hydrogen) atoms. The second kappa shape index (κ2) is 6.57. The first-order chi connectivity index (χ1) is 9.97. The van der Waals surface area contributed by atoms with Gasteiger partial charge >= 0.3 is 0 Å². The number of benzene rings is 1. The molecule has 3 nitrogen and oxygen atoms in total. The highest BCUT2D eigenvalue weighted by Crippen LogP contribution is 2.13. The second-order valence-electron chi connectivity index (χ2n) is 5.36. The molecule has 0 aliphatic carbocycles. The molecule has 0 bridgehead atoms. The summed E-state index contributed by atoms with van der Waals surface area (Å²) in [5.41, 5.74) is 4.47. The van der Waals surface area contributed by atoms with E-state index in [1.807, 2.05) is 20.9 Å². The monoisotopic (exact) mass is 288 g/mol. The minimum absolute atomic E-state index is 0.0141. The van der Waals surface area contributed by atoms with E-state index in [2.05, 4.69) is 16.0 Å². The van der Waals surface area contributed by atoms with Gasteiger partial charge in [0.25, 0.3) is 0 Å². The number of halogens is 1. The first-order valence-electron chi connectivity index (χ1n) is 7.10. The van der Waals surface area contributed by atoms with Crippen molar-refractivity contribution in [2.75, 3.05) is 0 Å². The minimum atomic E-state index is -0.252. The molecule has 0 radical (unpaired) electrons. The molecular weight excluding hydrogens is 267 g/mol. The SMILES string of the molecule is Cc1cc(CNC(=O)CCc2ccc(F)cc2)c(C)n1C. The van der Waals surface area contributed by atoms with Gasteiger partial charge in [-0.3, -0.25) is 4.79 Å². The maximum Gasteiger partial charge on any atom is 0.220 e. The number of nitrogens with zero attached hydrogens (tertiary/aromatic N) is 1. The minimum Gasteiger partial charge on any atom is -0.352 e. The van der Waals surface area contributed by atoms with Gasteiger partial charge in [0.2, 0.25) is 5.91 Å². The fourth-order valence-electron chi connectivity index (χ4n) is 2.30. The van der Waals surface area contributed by atoms with E-state index in [4.69, 9.17) is 0 Å². The number of carbonyl (C=O) groups excluding carboxylic acids is 1. The number of hydrogen-bond donors (Lipinski definition) is 1. The summed E-state index contributed by atoms with van der Waals surface area (Å²) < 4.78 is 14.9. The largest absolute Gasteiger partial charge is 0.352 e. The molecule has 1 heterocycles. The highest BCUT2D eigenvalue weighted by molar-refractivity contribution is 5.76. The Bertz CT molecular complexity index is 629. The molecule has 1 amide bonds. The van der Waals surface area contributed by atoms with Crippen molar-refractivity contribution in [3.05, 3.63) is 58.7 Å². The van der Waals surface area contributed by atoms with Gasteiger partial charge in [0.15, 0.2) is 0 Å². The van der Waals surface area contributed by atoms with Gasteiger partial charge in [-0.1, -0.05) is 12.1 Å². The van der Waals surface area contributed by atoms with Crippen LogP contribution >= 0.6 is 0 Å². The van der Waals surface area contributed by atoms with Gasteiger partial charge in [-0.05, 0) is 49.6 Å². The molecule has 0 aliphatic heterocycles. The summed E-state index contributed by atoms with van der Waals surface area (Å²) in [6.45, 7) is 4.65. The molecule has 0 unspecified atom stereocenters. The van der Waals surface area contributed by atoms with E-state index in [1.54, 1.807) is 12.1 Å². The third-order valence-electron chi connectivity index (χ3n) is 3.91. The van der Waals surface area contributed by atoms with Crippen molar-refractivity contribution in [2.24, 2.45) is 7.05 Å². The smallest absolute Gasteiger partial charge is 0.220 e. The summed E-state index contributed by atoms with van der Waals surface area (Å²) in [6.07, 6.45) is 1.04. The predicted octanol–water partition coefficient (Wildman–Crippen LogP) is 3.03. The van der Waals surface area contributed by atoms with Crippen LogP contribution in [0, 0.1) is 19.7 Å². The van der Waals surface area contributed by atoms with E-state index in [0.717, 1.165) is 11.1 Å². The molecule has 2 aromatic rings. The molecule has 4 heteroatoms. The summed E-state index contributed by atoms with van der Waals surface area (Å²) in [5.74, 6) is -0.238. The van der Waals surface area contributed by atoms with Crippen LogP contribution in [0.2, 0.25) is 0 Å². The lowest BCUT2D eigenvalue weighted by molar-refractivity contribution is -0.121. The molecule has 1 aromatic carbocycles. The molecule has 1 aromatic heterocycles. The van der Waals surface area contributed by atoms with Crippen LogP contribution in [0.15, 0.2) is 30.3 Å². The number of aryl methyl sites for hydroxylation is 2. The molecule has 2 rings (SSSR count). The number of carbonyl (C=O) groups is 1. The molecule has 1 N–H and O–H groups in total. The first-order valence-corrected chi connectivity index (χ1v) is 7.10. The molecule has 112 valence electrons. The lowest BCUT2D eigenvalue weighted by Crippen LogP contribution is -2.23. The number of nitrogens with one attached hydrogen (secondary N) is 1. The summed E-state index contributed by atoms with van der Waals surface area (Å²) >= 11 is 0. The Hall–Kier alpha value is -2.10. The number of rotatable bonds is 5. The highest BCUT2D eigenvalue weighted by Gasteiger charge is 2.08. The van der Waals surface area contributed by atoms with Crippen LogP contribution < -0.4 is 5.32 Å². The Balaban J connectivity index is 1.82. The van der Waals surface area contributed by atoms with Crippen LogP contribution in [0.3, 0.4) is 0 Å². The van der Waals surface area contributed by atoms with Gasteiger partial charge in [0.1, 0.15) is 5.82 Å². The van der Waals surface area contributed by atoms with Crippen LogP contribution in [0.1, 0.15) is 28.9 Å². The van der Waals surface area contributed by atoms with Gasteiger partial charge in [-0.25, -0.2) is 4.39 Å². The summed E-state index contributed by atoms with van der Waals surface area (Å²) in [4.78, 5) is 11.9. The molecule has 0 spiro atoms. The fraction of sp³-hybridized carbons (Fsp3) is 0.353. The Kier molecular flexibility index (Phi) is 4.78. The summed E-state index contributed by atoms with van der Waals surface area (Å²) in [5, 5.41) is 2.94. The predicted molar refractivity (Wildman–Crippen MR) is 81.5 cm³/mol. The number of hydrogen-bond acceptors (Lipinski definition) is 1. The first kappa shape index (κ1) is 15.3. The molecule has 0 atom stereocenters. The van der Waals surface area contributed by atoms with E-state index < -0.39 is 0 Å². The Labute approximate surface area is 124 Å². The third-order valence-corrected chi connectivity index (χ3v) is 3.91. The van der Waals surface area contributed by atoms with Gasteiger partial charge in [0.05, 0.1) is 0 Å². The average Bonchev–Trinajstić information content (AvgIpc) is 2.72. The van der Waals surface area contributed by atoms with Crippen LogP contribution in [0.4, 0.5) is 4.39 Å². The van der Waals surface area contributed by atoms with E-state index in [1.165, 1.54) is 23.5 Å². The van der Waals surface area contributed by atoms with Crippen LogP contribution in [-0.2, 0) is 24.8 Å². The van der Waals surface area contributed by atoms with E-state index in [-0.39, 0.29) is 11.7 Å². The van der Waals surface area contributed by atoms with Crippen LogP contribution in [-0.4, -0.2) is 10.5 Å². The lowest BCUT2D eigenvalue weighted by atomic mass is 10.1. The molecule has 0 saturated heterocycles. The van der Waals surface area contributed by atoms with Crippen LogP contribution in [0.5, 0.6) is 0 Å². The van der Waals surface area contributed by atoms with Crippen molar-refractivity contribution >= 4 is 5.91 Å². The molecular formula is C17H21FN2O. The van der Waals surface area contributed by atoms with Gasteiger partial charge in [-0.15, -0.1) is 0 Å². The van der Waals surface area contributed by atoms with Gasteiger partial charge in [0, 0.05) is 31.4 Å². The maximum absolute atomic E-state index is 12.8. The molecule has 0 aliphatic rings. The lowest BCUT2D eigenvalue weighted by Gasteiger charge is -2.06. The van der Waals surface area contributed by atoms with E-state index in [0.29, 0.717) is 19.4 Å². The Morgan fingerprint density at radius 2 is 1.90 bits per heavy atom. The third kappa shape index (κ3) is 3.94. The van der Waals surface area contributed by atoms with Crippen molar-refractivity contribution in [3.63, 3.8) is 0 Å². The zero-order valence-corrected chi connectivity index (χ0v) is 12.7.